The van der Waals surface area contributed by atoms with Crippen LogP contribution in [0.4, 0.5) is 5.69 Å². The average Bonchev–Trinajstić information content (AvgIpc) is 2.28. The second-order valence-electron chi connectivity index (χ2n) is 5.43. The maximum Gasteiger partial charge on any atom is 0.0372 e. The van der Waals surface area contributed by atoms with Gasteiger partial charge in [-0.2, -0.15) is 0 Å². The molecule has 0 aliphatic carbocycles. The van der Waals surface area contributed by atoms with Crippen molar-refractivity contribution in [3.05, 3.63) is 29.8 Å². The van der Waals surface area contributed by atoms with Crippen molar-refractivity contribution in [3.8, 4) is 0 Å². The zero-order valence-electron chi connectivity index (χ0n) is 10.5. The molecule has 0 saturated carbocycles. The van der Waals surface area contributed by atoms with Crippen LogP contribution in [0.25, 0.3) is 0 Å². The molecule has 88 valence electrons. The van der Waals surface area contributed by atoms with E-state index in [1.165, 1.54) is 36.9 Å². The van der Waals surface area contributed by atoms with Crippen LogP contribution in [0.2, 0.25) is 0 Å². The lowest BCUT2D eigenvalue weighted by Crippen LogP contribution is -2.23. The van der Waals surface area contributed by atoms with Gasteiger partial charge in [0.2, 0.25) is 0 Å². The molecule has 0 fully saturated rings. The van der Waals surface area contributed by atoms with Crippen LogP contribution in [-0.4, -0.2) is 6.54 Å². The summed E-state index contributed by atoms with van der Waals surface area (Å²) in [5, 5.41) is 3.55. The van der Waals surface area contributed by atoms with Gasteiger partial charge in [0.05, 0.1) is 0 Å². The highest BCUT2D eigenvalue weighted by atomic mass is 14.9. The Balaban J connectivity index is 1.83. The monoisotopic (exact) mass is 217 g/mol. The van der Waals surface area contributed by atoms with E-state index in [2.05, 4.69) is 43.4 Å². The third kappa shape index (κ3) is 3.01. The van der Waals surface area contributed by atoms with E-state index in [0.717, 1.165) is 18.4 Å². The molecule has 1 unspecified atom stereocenters. The molecule has 1 N–H and O–H groups in total. The fourth-order valence-electron chi connectivity index (χ4n) is 2.53. The minimum atomic E-state index is 0.841. The Kier molecular flexibility index (Phi) is 3.87. The van der Waals surface area contributed by atoms with Gasteiger partial charge in [0.1, 0.15) is 0 Å². The molecule has 0 amide bonds. The standard InChI is InChI=1S/C15H23N/c1-12(2)6-5-7-13-10-14-8-3-4-9-15(14)16-11-13/h3-4,8-9,12-13,16H,5-7,10-11H2,1-2H3. The summed E-state index contributed by atoms with van der Waals surface area (Å²) < 4.78 is 0. The molecule has 1 nitrogen and oxygen atoms in total. The van der Waals surface area contributed by atoms with Crippen molar-refractivity contribution in [1.29, 1.82) is 0 Å². The Labute approximate surface area is 99.3 Å². The summed E-state index contributed by atoms with van der Waals surface area (Å²) in [6.45, 7) is 5.79. The average molecular weight is 217 g/mol. The maximum absolute atomic E-state index is 3.55. The molecule has 1 aromatic carbocycles. The van der Waals surface area contributed by atoms with Crippen LogP contribution in [0.1, 0.15) is 38.7 Å². The molecule has 1 heteroatoms. The predicted octanol–water partition coefficient (Wildman–Crippen LogP) is 4.10. The fourth-order valence-corrected chi connectivity index (χ4v) is 2.53. The van der Waals surface area contributed by atoms with Gasteiger partial charge in [0, 0.05) is 12.2 Å². The lowest BCUT2D eigenvalue weighted by atomic mass is 9.89. The smallest absolute Gasteiger partial charge is 0.0372 e. The molecule has 2 rings (SSSR count). The Morgan fingerprint density at radius 1 is 1.31 bits per heavy atom. The molecule has 16 heavy (non-hydrogen) atoms. The molecule has 1 aliphatic heterocycles. The van der Waals surface area contributed by atoms with E-state index in [9.17, 15) is 0 Å². The number of anilines is 1. The van der Waals surface area contributed by atoms with Gasteiger partial charge in [0.25, 0.3) is 0 Å². The first-order valence-corrected chi connectivity index (χ1v) is 6.57. The Bertz CT molecular complexity index is 330. The minimum absolute atomic E-state index is 0.841. The predicted molar refractivity (Wildman–Crippen MR) is 70.8 cm³/mol. The van der Waals surface area contributed by atoms with E-state index in [1.807, 2.05) is 0 Å². The van der Waals surface area contributed by atoms with Crippen LogP contribution in [-0.2, 0) is 6.42 Å². The SMILES string of the molecule is CC(C)CCCC1CNc2ccccc2C1. The van der Waals surface area contributed by atoms with E-state index < -0.39 is 0 Å². The summed E-state index contributed by atoms with van der Waals surface area (Å²) in [6, 6.07) is 8.72. The largest absolute Gasteiger partial charge is 0.385 e. The number of benzene rings is 1. The highest BCUT2D eigenvalue weighted by Crippen LogP contribution is 2.27. The highest BCUT2D eigenvalue weighted by molar-refractivity contribution is 5.53. The van der Waals surface area contributed by atoms with Gasteiger partial charge >= 0.3 is 0 Å². The quantitative estimate of drug-likeness (QED) is 0.800. The molecule has 1 atom stereocenters. The molecule has 0 spiro atoms. The number of para-hydroxylation sites is 1. The molecule has 0 bridgehead atoms. The van der Waals surface area contributed by atoms with Gasteiger partial charge < -0.3 is 5.32 Å². The van der Waals surface area contributed by atoms with Gasteiger partial charge in [-0.05, 0) is 36.3 Å². The molecule has 1 heterocycles. The number of rotatable bonds is 4. The van der Waals surface area contributed by atoms with E-state index in [1.54, 1.807) is 0 Å². The molecule has 0 saturated heterocycles. The van der Waals surface area contributed by atoms with E-state index in [0.29, 0.717) is 0 Å². The number of hydrogen-bond donors (Lipinski definition) is 1. The Morgan fingerprint density at radius 3 is 2.94 bits per heavy atom. The zero-order valence-corrected chi connectivity index (χ0v) is 10.5. The minimum Gasteiger partial charge on any atom is -0.385 e. The second-order valence-corrected chi connectivity index (χ2v) is 5.43. The van der Waals surface area contributed by atoms with E-state index in [4.69, 9.17) is 0 Å². The van der Waals surface area contributed by atoms with E-state index >= 15 is 0 Å². The third-order valence-corrected chi connectivity index (χ3v) is 3.50. The van der Waals surface area contributed by atoms with Crippen molar-refractivity contribution < 1.29 is 0 Å². The van der Waals surface area contributed by atoms with Crippen molar-refractivity contribution in [3.63, 3.8) is 0 Å². The van der Waals surface area contributed by atoms with Crippen molar-refractivity contribution in [1.82, 2.24) is 0 Å². The van der Waals surface area contributed by atoms with Crippen LogP contribution >= 0.6 is 0 Å². The number of hydrogen-bond acceptors (Lipinski definition) is 1. The molecule has 0 radical (unpaired) electrons. The van der Waals surface area contributed by atoms with Gasteiger partial charge in [0.15, 0.2) is 0 Å². The molecular weight excluding hydrogens is 194 g/mol. The second kappa shape index (κ2) is 5.38. The highest BCUT2D eigenvalue weighted by Gasteiger charge is 2.17. The first-order valence-electron chi connectivity index (χ1n) is 6.57. The first-order chi connectivity index (χ1) is 7.75. The summed E-state index contributed by atoms with van der Waals surface area (Å²) in [5.74, 6) is 1.69. The summed E-state index contributed by atoms with van der Waals surface area (Å²) in [6.07, 6.45) is 5.39. The first kappa shape index (κ1) is 11.5. The molecule has 1 aromatic rings. The normalized spacial score (nSPS) is 19.3. The fraction of sp³-hybridized carbons (Fsp3) is 0.600. The molecule has 1 aliphatic rings. The lowest BCUT2D eigenvalue weighted by Gasteiger charge is -2.26. The summed E-state index contributed by atoms with van der Waals surface area (Å²) in [5.41, 5.74) is 2.85. The lowest BCUT2D eigenvalue weighted by molar-refractivity contribution is 0.438. The van der Waals surface area contributed by atoms with Crippen molar-refractivity contribution in [2.24, 2.45) is 11.8 Å². The van der Waals surface area contributed by atoms with Crippen LogP contribution in [0.15, 0.2) is 24.3 Å². The van der Waals surface area contributed by atoms with Crippen LogP contribution < -0.4 is 5.32 Å². The van der Waals surface area contributed by atoms with Crippen LogP contribution in [0.5, 0.6) is 0 Å². The summed E-state index contributed by atoms with van der Waals surface area (Å²) in [4.78, 5) is 0. The summed E-state index contributed by atoms with van der Waals surface area (Å²) >= 11 is 0. The van der Waals surface area contributed by atoms with Crippen molar-refractivity contribution in [2.45, 2.75) is 39.5 Å². The van der Waals surface area contributed by atoms with Gasteiger partial charge in [-0.3, -0.25) is 0 Å². The van der Waals surface area contributed by atoms with E-state index in [-0.39, 0.29) is 0 Å². The molecule has 0 aromatic heterocycles. The van der Waals surface area contributed by atoms with Gasteiger partial charge in [-0.1, -0.05) is 44.9 Å². The van der Waals surface area contributed by atoms with Crippen molar-refractivity contribution in [2.75, 3.05) is 11.9 Å². The number of nitrogens with one attached hydrogen (secondary N) is 1. The zero-order chi connectivity index (χ0) is 11.4. The van der Waals surface area contributed by atoms with Crippen LogP contribution in [0.3, 0.4) is 0 Å². The third-order valence-electron chi connectivity index (χ3n) is 3.50. The van der Waals surface area contributed by atoms with Crippen molar-refractivity contribution >= 4 is 5.69 Å². The number of fused-ring (bicyclic) bond motifs is 1. The Morgan fingerprint density at radius 2 is 2.12 bits per heavy atom. The maximum atomic E-state index is 3.55. The Hall–Kier alpha value is -0.980. The topological polar surface area (TPSA) is 12.0 Å². The van der Waals surface area contributed by atoms with Crippen LogP contribution in [0, 0.1) is 11.8 Å². The molecular formula is C15H23N. The van der Waals surface area contributed by atoms with Gasteiger partial charge in [-0.15, -0.1) is 0 Å². The summed E-state index contributed by atoms with van der Waals surface area (Å²) in [7, 11) is 0. The van der Waals surface area contributed by atoms with Gasteiger partial charge in [-0.25, -0.2) is 0 Å².